The Morgan fingerprint density at radius 3 is 2.37 bits per heavy atom. The molecule has 0 radical (unpaired) electrons. The SMILES string of the molecule is COc1ccc(-c2cc3c(S(=O)(=O)CC(C)C)cc([N+](=O)[O-])cc3[nH]2)cc1. The molecule has 0 unspecified atom stereocenters. The average Bonchev–Trinajstić information content (AvgIpc) is 3.03. The first-order valence-corrected chi connectivity index (χ1v) is 10.0. The Morgan fingerprint density at radius 2 is 1.81 bits per heavy atom. The molecule has 1 aromatic heterocycles. The largest absolute Gasteiger partial charge is 0.497 e. The number of aromatic nitrogens is 1. The lowest BCUT2D eigenvalue weighted by Crippen LogP contribution is -2.12. The Hall–Kier alpha value is -2.87. The van der Waals surface area contributed by atoms with E-state index in [1.54, 1.807) is 39.2 Å². The van der Waals surface area contributed by atoms with Crippen LogP contribution in [0.1, 0.15) is 13.8 Å². The van der Waals surface area contributed by atoms with Crippen molar-refractivity contribution in [3.63, 3.8) is 0 Å². The highest BCUT2D eigenvalue weighted by Gasteiger charge is 2.24. The van der Waals surface area contributed by atoms with E-state index in [1.165, 1.54) is 6.07 Å². The summed E-state index contributed by atoms with van der Waals surface area (Å²) in [5.41, 5.74) is 1.65. The number of non-ortho nitro benzene ring substituents is 1. The van der Waals surface area contributed by atoms with Crippen molar-refractivity contribution < 1.29 is 18.1 Å². The van der Waals surface area contributed by atoms with Crippen molar-refractivity contribution in [3.05, 3.63) is 52.6 Å². The predicted molar refractivity (Wildman–Crippen MR) is 104 cm³/mol. The maximum absolute atomic E-state index is 12.8. The van der Waals surface area contributed by atoms with Crippen LogP contribution in [0, 0.1) is 16.0 Å². The normalized spacial score (nSPS) is 11.9. The van der Waals surface area contributed by atoms with Crippen molar-refractivity contribution in [1.29, 1.82) is 0 Å². The zero-order valence-electron chi connectivity index (χ0n) is 15.2. The number of hydrogen-bond donors (Lipinski definition) is 1. The molecule has 7 nitrogen and oxygen atoms in total. The van der Waals surface area contributed by atoms with Crippen LogP contribution in [0.15, 0.2) is 47.4 Å². The van der Waals surface area contributed by atoms with E-state index in [0.717, 1.165) is 11.6 Å². The van der Waals surface area contributed by atoms with Gasteiger partial charge in [0.05, 0.1) is 28.2 Å². The number of nitrogens with zero attached hydrogens (tertiary/aromatic N) is 1. The van der Waals surface area contributed by atoms with Crippen molar-refractivity contribution in [2.75, 3.05) is 12.9 Å². The van der Waals surface area contributed by atoms with Crippen LogP contribution in [0.25, 0.3) is 22.2 Å². The number of aromatic amines is 1. The van der Waals surface area contributed by atoms with Crippen molar-refractivity contribution in [1.82, 2.24) is 4.98 Å². The van der Waals surface area contributed by atoms with Gasteiger partial charge in [-0.05, 0) is 41.8 Å². The van der Waals surface area contributed by atoms with Crippen molar-refractivity contribution in [2.45, 2.75) is 18.7 Å². The van der Waals surface area contributed by atoms with Crippen molar-refractivity contribution in [3.8, 4) is 17.0 Å². The molecule has 8 heteroatoms. The third kappa shape index (κ3) is 3.80. The number of ether oxygens (including phenoxy) is 1. The number of nitrogens with one attached hydrogen (secondary N) is 1. The summed E-state index contributed by atoms with van der Waals surface area (Å²) in [6, 6.07) is 11.5. The second-order valence-electron chi connectivity index (χ2n) is 6.75. The molecular weight excluding hydrogens is 368 g/mol. The molecule has 2 aromatic carbocycles. The number of benzene rings is 2. The Bertz CT molecular complexity index is 1100. The van der Waals surface area contributed by atoms with Gasteiger partial charge in [0.2, 0.25) is 0 Å². The number of sulfone groups is 1. The van der Waals surface area contributed by atoms with Crippen LogP contribution in [0.4, 0.5) is 5.69 Å². The van der Waals surface area contributed by atoms with Gasteiger partial charge in [-0.2, -0.15) is 0 Å². The first-order chi connectivity index (χ1) is 12.7. The van der Waals surface area contributed by atoms with Gasteiger partial charge < -0.3 is 9.72 Å². The van der Waals surface area contributed by atoms with E-state index in [9.17, 15) is 18.5 Å². The molecule has 1 heterocycles. The maximum atomic E-state index is 12.8. The molecule has 0 saturated heterocycles. The third-order valence-electron chi connectivity index (χ3n) is 4.18. The number of nitro groups is 1. The fourth-order valence-electron chi connectivity index (χ4n) is 3.01. The molecule has 0 fully saturated rings. The van der Waals surface area contributed by atoms with Crippen LogP contribution in [0.5, 0.6) is 5.75 Å². The number of H-pyrrole nitrogens is 1. The van der Waals surface area contributed by atoms with Crippen LogP contribution in [0.2, 0.25) is 0 Å². The molecule has 3 rings (SSSR count). The molecule has 0 aliphatic heterocycles. The topological polar surface area (TPSA) is 102 Å². The van der Waals surface area contributed by atoms with E-state index in [1.807, 2.05) is 12.1 Å². The quantitative estimate of drug-likeness (QED) is 0.504. The van der Waals surface area contributed by atoms with Crippen LogP contribution in [-0.2, 0) is 9.84 Å². The Morgan fingerprint density at radius 1 is 1.15 bits per heavy atom. The van der Waals surface area contributed by atoms with Gasteiger partial charge in [-0.1, -0.05) is 13.8 Å². The zero-order valence-corrected chi connectivity index (χ0v) is 16.0. The van der Waals surface area contributed by atoms with E-state index in [2.05, 4.69) is 4.98 Å². The van der Waals surface area contributed by atoms with Crippen molar-refractivity contribution >= 4 is 26.4 Å². The number of hydrogen-bond acceptors (Lipinski definition) is 5. The molecule has 0 bridgehead atoms. The standard InChI is InChI=1S/C19H20N2O5S/c1-12(2)11-27(24,25)19-9-14(21(22)23)8-18-16(19)10-17(20-18)13-4-6-15(26-3)7-5-13/h4-10,12,20H,11H2,1-3H3. The number of methoxy groups -OCH3 is 1. The van der Waals surface area contributed by atoms with Gasteiger partial charge in [0.25, 0.3) is 5.69 Å². The highest BCUT2D eigenvalue weighted by molar-refractivity contribution is 7.91. The smallest absolute Gasteiger partial charge is 0.272 e. The molecule has 0 aliphatic carbocycles. The average molecular weight is 388 g/mol. The highest BCUT2D eigenvalue weighted by Crippen LogP contribution is 2.34. The number of rotatable bonds is 6. The lowest BCUT2D eigenvalue weighted by Gasteiger charge is -2.08. The van der Waals surface area contributed by atoms with Gasteiger partial charge in [0.1, 0.15) is 5.75 Å². The molecule has 0 amide bonds. The molecule has 0 saturated carbocycles. The fraction of sp³-hybridized carbons (Fsp3) is 0.263. The lowest BCUT2D eigenvalue weighted by atomic mass is 10.1. The van der Waals surface area contributed by atoms with Crippen LogP contribution < -0.4 is 4.74 Å². The summed E-state index contributed by atoms with van der Waals surface area (Å²) in [7, 11) is -2.09. The number of nitro benzene ring substituents is 1. The molecule has 3 aromatic rings. The monoisotopic (exact) mass is 388 g/mol. The predicted octanol–water partition coefficient (Wildman–Crippen LogP) is 4.18. The minimum atomic E-state index is -3.67. The summed E-state index contributed by atoms with van der Waals surface area (Å²) in [6.45, 7) is 3.60. The van der Waals surface area contributed by atoms with E-state index >= 15 is 0 Å². The van der Waals surface area contributed by atoms with Crippen LogP contribution in [-0.4, -0.2) is 31.2 Å². The fourth-order valence-corrected chi connectivity index (χ4v) is 4.87. The van der Waals surface area contributed by atoms with Gasteiger partial charge >= 0.3 is 0 Å². The molecule has 142 valence electrons. The molecule has 0 aliphatic rings. The molecule has 0 spiro atoms. The second kappa shape index (κ2) is 7.03. The minimum Gasteiger partial charge on any atom is -0.497 e. The first kappa shape index (κ1) is 18.9. The van der Waals surface area contributed by atoms with Gasteiger partial charge in [0, 0.05) is 23.2 Å². The number of fused-ring (bicyclic) bond motifs is 1. The van der Waals surface area contributed by atoms with Gasteiger partial charge in [-0.3, -0.25) is 10.1 Å². The summed E-state index contributed by atoms with van der Waals surface area (Å²) >= 11 is 0. The lowest BCUT2D eigenvalue weighted by molar-refractivity contribution is -0.384. The highest BCUT2D eigenvalue weighted by atomic mass is 32.2. The third-order valence-corrected chi connectivity index (χ3v) is 6.30. The van der Waals surface area contributed by atoms with Gasteiger partial charge in [-0.15, -0.1) is 0 Å². The van der Waals surface area contributed by atoms with E-state index in [-0.39, 0.29) is 22.3 Å². The van der Waals surface area contributed by atoms with E-state index in [0.29, 0.717) is 22.3 Å². The van der Waals surface area contributed by atoms with Gasteiger partial charge in [0.15, 0.2) is 9.84 Å². The van der Waals surface area contributed by atoms with E-state index < -0.39 is 14.8 Å². The maximum Gasteiger partial charge on any atom is 0.272 e. The Labute approximate surface area is 157 Å². The molecular formula is C19H20N2O5S. The zero-order chi connectivity index (χ0) is 19.8. The summed E-state index contributed by atoms with van der Waals surface area (Å²) in [4.78, 5) is 13.8. The van der Waals surface area contributed by atoms with Gasteiger partial charge in [-0.25, -0.2) is 8.42 Å². The van der Waals surface area contributed by atoms with Crippen LogP contribution >= 0.6 is 0 Å². The summed E-state index contributed by atoms with van der Waals surface area (Å²) < 4.78 is 30.8. The Kier molecular flexibility index (Phi) is 4.93. The van der Waals surface area contributed by atoms with E-state index in [4.69, 9.17) is 4.74 Å². The summed E-state index contributed by atoms with van der Waals surface area (Å²) in [6.07, 6.45) is 0. The van der Waals surface area contributed by atoms with Crippen LogP contribution in [0.3, 0.4) is 0 Å². The molecule has 0 atom stereocenters. The minimum absolute atomic E-state index is 0.0172. The first-order valence-electron chi connectivity index (χ1n) is 8.39. The summed E-state index contributed by atoms with van der Waals surface area (Å²) in [5.74, 6) is 0.529. The summed E-state index contributed by atoms with van der Waals surface area (Å²) in [5, 5.41) is 11.7. The second-order valence-corrected chi connectivity index (χ2v) is 8.75. The molecule has 27 heavy (non-hydrogen) atoms. The molecule has 1 N–H and O–H groups in total. The van der Waals surface area contributed by atoms with Crippen molar-refractivity contribution in [2.24, 2.45) is 5.92 Å². The Balaban J connectivity index is 2.21.